The van der Waals surface area contributed by atoms with Gasteiger partial charge in [-0.15, -0.1) is 0 Å². The molecule has 1 aliphatic heterocycles. The zero-order valence-electron chi connectivity index (χ0n) is 16.5. The third-order valence-electron chi connectivity index (χ3n) is 4.40. The third-order valence-corrected chi connectivity index (χ3v) is 5.35. The van der Waals surface area contributed by atoms with Gasteiger partial charge in [0, 0.05) is 21.6 Å². The van der Waals surface area contributed by atoms with Crippen LogP contribution in [0.1, 0.15) is 5.56 Å². The van der Waals surface area contributed by atoms with Crippen molar-refractivity contribution in [3.63, 3.8) is 0 Å². The fourth-order valence-electron chi connectivity index (χ4n) is 2.83. The topological polar surface area (TPSA) is 102 Å². The molecule has 0 fully saturated rings. The summed E-state index contributed by atoms with van der Waals surface area (Å²) in [6, 6.07) is 2.89. The molecule has 1 heterocycles. The number of benzene rings is 1. The summed E-state index contributed by atoms with van der Waals surface area (Å²) in [4.78, 5) is 21.5. The van der Waals surface area contributed by atoms with Gasteiger partial charge in [0.1, 0.15) is 6.29 Å². The normalized spacial score (nSPS) is 24.1. The second-order valence-electron chi connectivity index (χ2n) is 6.48. The first-order valence-corrected chi connectivity index (χ1v) is 10.3. The molecular weight excluding hydrogens is 569 g/mol. The molecule has 2 N–H and O–H groups in total. The highest BCUT2D eigenvalue weighted by Gasteiger charge is 2.49. The van der Waals surface area contributed by atoms with Crippen molar-refractivity contribution in [3.8, 4) is 11.5 Å². The summed E-state index contributed by atoms with van der Waals surface area (Å²) >= 11 is 6.34. The first kappa shape index (κ1) is 26.1. The predicted molar refractivity (Wildman–Crippen MR) is 114 cm³/mol. The molecule has 0 spiro atoms. The Bertz CT molecular complexity index is 988. The summed E-state index contributed by atoms with van der Waals surface area (Å²) < 4.78 is 54.5. The quantitative estimate of drug-likeness (QED) is 0.403. The van der Waals surface area contributed by atoms with E-state index in [9.17, 15) is 27.9 Å². The Morgan fingerprint density at radius 1 is 1.28 bits per heavy atom. The Hall–Kier alpha value is -2.15. The van der Waals surface area contributed by atoms with E-state index < -0.39 is 35.5 Å². The molecule has 12 heteroatoms. The lowest BCUT2D eigenvalue weighted by molar-refractivity contribution is -0.187. The molecule has 0 saturated heterocycles. The number of rotatable bonds is 4. The Morgan fingerprint density at radius 3 is 2.44 bits per heavy atom. The van der Waals surface area contributed by atoms with Crippen LogP contribution < -0.4 is 9.47 Å². The van der Waals surface area contributed by atoms with Crippen molar-refractivity contribution in [3.05, 3.63) is 50.5 Å². The molecule has 0 bridgehead atoms. The van der Waals surface area contributed by atoms with E-state index >= 15 is 0 Å². The zero-order chi connectivity index (χ0) is 24.3. The summed E-state index contributed by atoms with van der Waals surface area (Å²) in [5.41, 5.74) is -0.667. The number of methoxy groups -OCH3 is 2. The minimum Gasteiger partial charge on any atom is -0.493 e. The summed E-state index contributed by atoms with van der Waals surface area (Å²) in [7, 11) is 2.64. The standard InChI is InChI=1S/C12H8BrF3O4.C8H9BrO3/c1-19-8-4-6(13)2-5-3-7(11(17)18)10(12(14,15)16)20-9(5)8;1-12-8(11)4-7(9)3-2-6(8)5-10/h2-4,10H,1H3,(H,17,18);2-6,11H,1H3. The smallest absolute Gasteiger partial charge is 0.430 e. The third kappa shape index (κ3) is 5.80. The molecule has 0 amide bonds. The Labute approximate surface area is 197 Å². The van der Waals surface area contributed by atoms with Crippen LogP contribution in [0.25, 0.3) is 6.08 Å². The number of carbonyl (C=O) groups excluding carboxylic acids is 1. The monoisotopic (exact) mass is 584 g/mol. The molecule has 2 aliphatic rings. The van der Waals surface area contributed by atoms with Gasteiger partial charge in [0.2, 0.25) is 6.10 Å². The number of fused-ring (bicyclic) bond motifs is 1. The predicted octanol–water partition coefficient (Wildman–Crippen LogP) is 4.23. The number of allylic oxidation sites excluding steroid dienone is 2. The second kappa shape index (κ2) is 10.2. The van der Waals surface area contributed by atoms with Crippen molar-refractivity contribution in [2.75, 3.05) is 14.2 Å². The molecule has 1 aromatic rings. The Balaban J connectivity index is 0.000000258. The van der Waals surface area contributed by atoms with Gasteiger partial charge in [-0.1, -0.05) is 44.0 Å². The molecule has 32 heavy (non-hydrogen) atoms. The lowest BCUT2D eigenvalue weighted by Crippen LogP contribution is -2.40. The molecule has 7 nitrogen and oxygen atoms in total. The van der Waals surface area contributed by atoms with Gasteiger partial charge in [-0.2, -0.15) is 13.2 Å². The Morgan fingerprint density at radius 2 is 1.94 bits per heavy atom. The van der Waals surface area contributed by atoms with Gasteiger partial charge >= 0.3 is 12.1 Å². The number of ether oxygens (including phenoxy) is 3. The van der Waals surface area contributed by atoms with E-state index in [2.05, 4.69) is 31.9 Å². The summed E-state index contributed by atoms with van der Waals surface area (Å²) in [5, 5.41) is 18.6. The molecule has 0 aromatic heterocycles. The van der Waals surface area contributed by atoms with Crippen molar-refractivity contribution < 1.29 is 47.2 Å². The van der Waals surface area contributed by atoms with Crippen LogP contribution in [0.15, 0.2) is 44.9 Å². The first-order chi connectivity index (χ1) is 14.9. The average molecular weight is 586 g/mol. The van der Waals surface area contributed by atoms with Gasteiger partial charge in [-0.05, 0) is 24.3 Å². The van der Waals surface area contributed by atoms with Gasteiger partial charge in [-0.25, -0.2) is 4.79 Å². The molecule has 0 radical (unpaired) electrons. The number of aliphatic hydroxyl groups is 1. The van der Waals surface area contributed by atoms with Gasteiger partial charge in [0.15, 0.2) is 17.3 Å². The van der Waals surface area contributed by atoms with E-state index in [1.54, 1.807) is 12.2 Å². The number of carboxylic acids is 1. The molecular formula is C20H17Br2F3O7. The number of aldehydes is 1. The minimum atomic E-state index is -4.83. The van der Waals surface area contributed by atoms with Crippen molar-refractivity contribution in [2.45, 2.75) is 18.1 Å². The maximum absolute atomic E-state index is 12.9. The van der Waals surface area contributed by atoms with Crippen molar-refractivity contribution in [1.29, 1.82) is 0 Å². The van der Waals surface area contributed by atoms with E-state index in [1.807, 2.05) is 0 Å². The Kier molecular flexibility index (Phi) is 8.32. The van der Waals surface area contributed by atoms with Crippen LogP contribution in [-0.2, 0) is 14.3 Å². The van der Waals surface area contributed by atoms with Crippen molar-refractivity contribution >= 4 is 50.2 Å². The van der Waals surface area contributed by atoms with Gasteiger partial charge < -0.3 is 29.2 Å². The van der Waals surface area contributed by atoms with Crippen molar-refractivity contribution in [1.82, 2.24) is 0 Å². The van der Waals surface area contributed by atoms with Crippen LogP contribution in [0.4, 0.5) is 13.2 Å². The average Bonchev–Trinajstić information content (AvgIpc) is 2.71. The molecule has 1 aromatic carbocycles. The first-order valence-electron chi connectivity index (χ1n) is 8.71. The van der Waals surface area contributed by atoms with E-state index in [0.717, 1.165) is 6.08 Å². The van der Waals surface area contributed by atoms with Gasteiger partial charge in [0.25, 0.3) is 0 Å². The maximum atomic E-state index is 12.9. The van der Waals surface area contributed by atoms with Crippen LogP contribution in [0.5, 0.6) is 11.5 Å². The fraction of sp³-hybridized carbons (Fsp3) is 0.300. The number of aliphatic carboxylic acids is 1. The second-order valence-corrected chi connectivity index (χ2v) is 8.31. The van der Waals surface area contributed by atoms with Crippen LogP contribution in [0, 0.1) is 5.92 Å². The highest BCUT2D eigenvalue weighted by Crippen LogP contribution is 2.43. The van der Waals surface area contributed by atoms with E-state index in [-0.39, 0.29) is 17.1 Å². The summed E-state index contributed by atoms with van der Waals surface area (Å²) in [6.07, 6.45) is -1.04. The lowest BCUT2D eigenvalue weighted by atomic mass is 9.95. The highest BCUT2D eigenvalue weighted by atomic mass is 79.9. The van der Waals surface area contributed by atoms with Gasteiger partial charge in [0.05, 0.1) is 18.6 Å². The number of halogens is 5. The molecule has 3 rings (SSSR count). The molecule has 0 saturated carbocycles. The highest BCUT2D eigenvalue weighted by molar-refractivity contribution is 9.12. The molecule has 3 unspecified atom stereocenters. The number of hydrogen-bond acceptors (Lipinski definition) is 6. The van der Waals surface area contributed by atoms with E-state index in [1.165, 1.54) is 32.4 Å². The number of alkyl halides is 3. The number of carboxylic acid groups (broad SMARTS) is 1. The van der Waals surface area contributed by atoms with Crippen molar-refractivity contribution in [2.24, 2.45) is 5.92 Å². The zero-order valence-corrected chi connectivity index (χ0v) is 19.7. The fourth-order valence-corrected chi connectivity index (χ4v) is 3.76. The number of hydrogen-bond donors (Lipinski definition) is 2. The lowest BCUT2D eigenvalue weighted by Gasteiger charge is -2.29. The van der Waals surface area contributed by atoms with Gasteiger partial charge in [-0.3, -0.25) is 0 Å². The SMILES string of the molecule is COC1(O)C=C(Br)C=CC1C=O.COc1cc(Br)cc2c1OC(C(F)(F)F)C(C(=O)O)=C2. The van der Waals surface area contributed by atoms with Crippen LogP contribution >= 0.6 is 31.9 Å². The summed E-state index contributed by atoms with van der Waals surface area (Å²) in [6.45, 7) is 0. The minimum absolute atomic E-state index is 0.0873. The van der Waals surface area contributed by atoms with Crippen LogP contribution in [0.2, 0.25) is 0 Å². The largest absolute Gasteiger partial charge is 0.493 e. The molecule has 1 aliphatic carbocycles. The molecule has 174 valence electrons. The maximum Gasteiger partial charge on any atom is 0.430 e. The van der Waals surface area contributed by atoms with E-state index in [0.29, 0.717) is 15.2 Å². The van der Waals surface area contributed by atoms with Crippen LogP contribution in [-0.4, -0.2) is 54.8 Å². The molecule has 3 atom stereocenters. The van der Waals surface area contributed by atoms with E-state index in [4.69, 9.17) is 19.3 Å². The summed E-state index contributed by atoms with van der Waals surface area (Å²) in [5.74, 6) is -3.87. The van der Waals surface area contributed by atoms with Crippen LogP contribution in [0.3, 0.4) is 0 Å². The number of carbonyl (C=O) groups is 2.